The third-order valence-electron chi connectivity index (χ3n) is 6.33. The second-order valence-corrected chi connectivity index (χ2v) is 7.16. The molecule has 0 spiro atoms. The van der Waals surface area contributed by atoms with E-state index in [0.29, 0.717) is 18.4 Å². The number of ketones is 3. The minimum atomic E-state index is -0.814. The van der Waals surface area contributed by atoms with Crippen LogP contribution in [-0.2, 0) is 9.59 Å². The molecule has 0 heterocycles. The van der Waals surface area contributed by atoms with Crippen molar-refractivity contribution in [1.82, 2.24) is 0 Å². The molecule has 0 saturated heterocycles. The van der Waals surface area contributed by atoms with E-state index in [4.69, 9.17) is 0 Å². The molecule has 0 aliphatic heterocycles. The smallest absolute Gasteiger partial charge is 0.206 e. The molecule has 0 N–H and O–H groups in total. The van der Waals surface area contributed by atoms with Gasteiger partial charge >= 0.3 is 0 Å². The first-order valence-electron chi connectivity index (χ1n) is 7.44. The number of carbonyl (C=O) groups is 3. The molecule has 2 fully saturated rings. The highest BCUT2D eigenvalue weighted by atomic mass is 16.2. The van der Waals surface area contributed by atoms with E-state index in [0.717, 1.165) is 0 Å². The molecule has 2 bridgehead atoms. The third-order valence-corrected chi connectivity index (χ3v) is 6.33. The molecular formula is C18H20O3. The average Bonchev–Trinajstić information content (AvgIpc) is 2.73. The summed E-state index contributed by atoms with van der Waals surface area (Å²) in [6, 6.07) is 9.02. The van der Waals surface area contributed by atoms with E-state index in [2.05, 4.69) is 0 Å². The Labute approximate surface area is 124 Å². The van der Waals surface area contributed by atoms with Gasteiger partial charge in [-0.15, -0.1) is 0 Å². The van der Waals surface area contributed by atoms with Crippen LogP contribution in [-0.4, -0.2) is 17.3 Å². The number of rotatable bonds is 3. The highest BCUT2D eigenvalue weighted by molar-refractivity contribution is 6.45. The summed E-state index contributed by atoms with van der Waals surface area (Å²) in [7, 11) is 0. The van der Waals surface area contributed by atoms with Gasteiger partial charge in [-0.2, -0.15) is 0 Å². The minimum absolute atomic E-state index is 0.0454. The van der Waals surface area contributed by atoms with Crippen molar-refractivity contribution in [3.63, 3.8) is 0 Å². The van der Waals surface area contributed by atoms with Crippen LogP contribution in [0.4, 0.5) is 0 Å². The fourth-order valence-electron chi connectivity index (χ4n) is 4.27. The topological polar surface area (TPSA) is 51.2 Å². The van der Waals surface area contributed by atoms with Crippen molar-refractivity contribution >= 4 is 17.3 Å². The Bertz CT molecular complexity index is 644. The highest BCUT2D eigenvalue weighted by Crippen LogP contribution is 2.70. The quantitative estimate of drug-likeness (QED) is 0.632. The molecule has 0 aromatic heterocycles. The molecule has 3 heteroatoms. The van der Waals surface area contributed by atoms with Crippen LogP contribution in [0.2, 0.25) is 0 Å². The summed E-state index contributed by atoms with van der Waals surface area (Å²) in [5.74, 6) is -0.652. The van der Waals surface area contributed by atoms with Crippen molar-refractivity contribution in [3.05, 3.63) is 35.9 Å². The summed E-state index contributed by atoms with van der Waals surface area (Å²) in [5.41, 5.74) is -1.27. The Morgan fingerprint density at radius 1 is 1.00 bits per heavy atom. The Morgan fingerprint density at radius 3 is 2.14 bits per heavy atom. The van der Waals surface area contributed by atoms with Crippen molar-refractivity contribution in [2.24, 2.45) is 16.2 Å². The van der Waals surface area contributed by atoms with Gasteiger partial charge in [-0.25, -0.2) is 0 Å². The second-order valence-electron chi connectivity index (χ2n) is 7.16. The van der Waals surface area contributed by atoms with Gasteiger partial charge in [0, 0.05) is 17.4 Å². The van der Waals surface area contributed by atoms with Crippen LogP contribution in [0, 0.1) is 16.2 Å². The summed E-state index contributed by atoms with van der Waals surface area (Å²) in [6.45, 7) is 5.83. The maximum Gasteiger partial charge on any atom is 0.206 e. The number of hydrogen-bond acceptors (Lipinski definition) is 3. The Balaban J connectivity index is 2.00. The van der Waals surface area contributed by atoms with E-state index in [1.165, 1.54) is 0 Å². The lowest BCUT2D eigenvalue weighted by molar-refractivity contribution is -0.143. The zero-order valence-electron chi connectivity index (χ0n) is 12.7. The van der Waals surface area contributed by atoms with E-state index < -0.39 is 16.2 Å². The molecule has 1 aromatic rings. The molecule has 0 radical (unpaired) electrons. The zero-order chi connectivity index (χ0) is 15.5. The number of hydrogen-bond donors (Lipinski definition) is 0. The van der Waals surface area contributed by atoms with Gasteiger partial charge in [0.1, 0.15) is 0 Å². The summed E-state index contributed by atoms with van der Waals surface area (Å²) < 4.78 is 0. The Kier molecular flexibility index (Phi) is 2.78. The van der Waals surface area contributed by atoms with E-state index in [1.807, 2.05) is 39.0 Å². The number of carbonyl (C=O) groups excluding carboxylic acids is 3. The SMILES string of the molecule is CC12CCC(CC(=O)c3ccccc3)(C(=O)C1=O)C2(C)C. The first-order valence-corrected chi connectivity index (χ1v) is 7.44. The average molecular weight is 284 g/mol. The number of Topliss-reactive ketones (excluding diaryl/α,β-unsaturated/α-hetero) is 3. The van der Waals surface area contributed by atoms with Crippen LogP contribution in [0.15, 0.2) is 30.3 Å². The van der Waals surface area contributed by atoms with Crippen LogP contribution in [0.5, 0.6) is 0 Å². The predicted molar refractivity (Wildman–Crippen MR) is 79.0 cm³/mol. The van der Waals surface area contributed by atoms with Crippen LogP contribution < -0.4 is 0 Å². The molecule has 2 aliphatic rings. The fraction of sp³-hybridized carbons (Fsp3) is 0.500. The van der Waals surface area contributed by atoms with Gasteiger partial charge in [0.15, 0.2) is 5.78 Å². The summed E-state index contributed by atoms with van der Waals surface area (Å²) in [4.78, 5) is 37.5. The molecule has 21 heavy (non-hydrogen) atoms. The molecule has 2 atom stereocenters. The highest BCUT2D eigenvalue weighted by Gasteiger charge is 2.74. The molecule has 3 rings (SSSR count). The van der Waals surface area contributed by atoms with Gasteiger partial charge in [0.25, 0.3) is 0 Å². The van der Waals surface area contributed by atoms with Crippen molar-refractivity contribution in [1.29, 1.82) is 0 Å². The van der Waals surface area contributed by atoms with Gasteiger partial charge in [-0.05, 0) is 18.3 Å². The maximum absolute atomic E-state index is 12.6. The van der Waals surface area contributed by atoms with Crippen molar-refractivity contribution in [3.8, 4) is 0 Å². The fourth-order valence-corrected chi connectivity index (χ4v) is 4.27. The number of fused-ring (bicyclic) bond motifs is 2. The van der Waals surface area contributed by atoms with E-state index in [1.54, 1.807) is 12.1 Å². The standard InChI is InChI=1S/C18H20O3/c1-16(2)17(3)9-10-18(16,15(21)14(17)20)11-13(19)12-7-5-4-6-8-12/h4-8H,9-11H2,1-3H3. The van der Waals surface area contributed by atoms with Gasteiger partial charge in [0.2, 0.25) is 11.6 Å². The summed E-state index contributed by atoms with van der Waals surface area (Å²) in [6.07, 6.45) is 1.48. The van der Waals surface area contributed by atoms with Gasteiger partial charge in [-0.3, -0.25) is 14.4 Å². The van der Waals surface area contributed by atoms with Crippen LogP contribution >= 0.6 is 0 Å². The Morgan fingerprint density at radius 2 is 1.62 bits per heavy atom. The normalized spacial score (nSPS) is 33.5. The lowest BCUT2D eigenvalue weighted by Gasteiger charge is -2.38. The Hall–Kier alpha value is -1.77. The second kappa shape index (κ2) is 4.12. The molecule has 2 aliphatic carbocycles. The van der Waals surface area contributed by atoms with Crippen molar-refractivity contribution in [2.75, 3.05) is 0 Å². The third kappa shape index (κ3) is 1.52. The van der Waals surface area contributed by atoms with Crippen molar-refractivity contribution < 1.29 is 14.4 Å². The van der Waals surface area contributed by atoms with E-state index >= 15 is 0 Å². The molecule has 2 saturated carbocycles. The van der Waals surface area contributed by atoms with Gasteiger partial charge in [0.05, 0.1) is 5.41 Å². The lowest BCUT2D eigenvalue weighted by Crippen LogP contribution is -2.39. The largest absolute Gasteiger partial charge is 0.294 e. The zero-order valence-corrected chi connectivity index (χ0v) is 12.7. The predicted octanol–water partition coefficient (Wildman–Crippen LogP) is 3.22. The molecule has 110 valence electrons. The van der Waals surface area contributed by atoms with Crippen LogP contribution in [0.3, 0.4) is 0 Å². The maximum atomic E-state index is 12.6. The van der Waals surface area contributed by atoms with Gasteiger partial charge in [-0.1, -0.05) is 51.1 Å². The number of benzene rings is 1. The minimum Gasteiger partial charge on any atom is -0.294 e. The first kappa shape index (κ1) is 14.2. The molecular weight excluding hydrogens is 264 g/mol. The molecule has 3 nitrogen and oxygen atoms in total. The van der Waals surface area contributed by atoms with E-state index in [-0.39, 0.29) is 23.8 Å². The van der Waals surface area contributed by atoms with E-state index in [9.17, 15) is 14.4 Å². The molecule has 0 amide bonds. The molecule has 2 unspecified atom stereocenters. The van der Waals surface area contributed by atoms with Crippen LogP contribution in [0.1, 0.15) is 50.4 Å². The van der Waals surface area contributed by atoms with Crippen LogP contribution in [0.25, 0.3) is 0 Å². The monoisotopic (exact) mass is 284 g/mol. The first-order chi connectivity index (χ1) is 9.76. The van der Waals surface area contributed by atoms with Gasteiger partial charge < -0.3 is 0 Å². The van der Waals surface area contributed by atoms with Crippen molar-refractivity contribution in [2.45, 2.75) is 40.0 Å². The summed E-state index contributed by atoms with van der Waals surface area (Å²) >= 11 is 0. The summed E-state index contributed by atoms with van der Waals surface area (Å²) in [5, 5.41) is 0. The lowest BCUT2D eigenvalue weighted by atomic mass is 9.63. The molecule has 1 aromatic carbocycles.